The predicted octanol–water partition coefficient (Wildman–Crippen LogP) is 3.88. The molecule has 0 spiro atoms. The summed E-state index contributed by atoms with van der Waals surface area (Å²) < 4.78 is 13.4. The Kier molecular flexibility index (Phi) is 3.13. The number of amides is 1. The van der Waals surface area contributed by atoms with Crippen LogP contribution in [-0.4, -0.2) is 10.8 Å². The van der Waals surface area contributed by atoms with E-state index in [1.54, 1.807) is 0 Å². The van der Waals surface area contributed by atoms with E-state index in [0.29, 0.717) is 21.2 Å². The molecule has 7 heteroatoms. The second-order valence-electron chi connectivity index (χ2n) is 4.48. The average molecular weight is 303 g/mol. The van der Waals surface area contributed by atoms with Gasteiger partial charge in [-0.3, -0.25) is 19.8 Å². The lowest BCUT2D eigenvalue weighted by molar-refractivity contribution is -0.385. The zero-order valence-corrected chi connectivity index (χ0v) is 11.7. The number of nitro benzene ring substituents is 1. The van der Waals surface area contributed by atoms with Crippen molar-refractivity contribution in [2.24, 2.45) is 0 Å². The molecule has 1 aliphatic rings. The molecule has 3 rings (SSSR count). The van der Waals surface area contributed by atoms with Crippen molar-refractivity contribution in [3.8, 4) is 0 Å². The highest BCUT2D eigenvalue weighted by Gasteiger charge is 2.28. The van der Waals surface area contributed by atoms with Gasteiger partial charge in [-0.15, -0.1) is 0 Å². The smallest absolute Gasteiger partial charge is 0.270 e. The quantitative estimate of drug-likeness (QED) is 0.592. The summed E-state index contributed by atoms with van der Waals surface area (Å²) in [6.07, 6.45) is 0. The van der Waals surface area contributed by atoms with E-state index in [0.717, 1.165) is 0 Å². The maximum Gasteiger partial charge on any atom is 0.270 e. The first-order valence-corrected chi connectivity index (χ1v) is 6.85. The van der Waals surface area contributed by atoms with E-state index in [1.165, 1.54) is 60.0 Å². The Morgan fingerprint density at radius 3 is 2.43 bits per heavy atom. The Morgan fingerprint density at radius 2 is 1.81 bits per heavy atom. The number of rotatable bonds is 1. The average Bonchev–Trinajstić information content (AvgIpc) is 2.43. The minimum Gasteiger partial charge on any atom is -0.279 e. The molecule has 5 nitrogen and oxygen atoms in total. The standard InChI is InChI=1S/C14H9FN2O3S/c1-8(18)16-11-4-2-9(15)6-13(11)21-14-7-10(17(19)20)3-5-12(14)16/h2-7H,1H3/i15-1. The van der Waals surface area contributed by atoms with E-state index >= 15 is 0 Å². The molecule has 0 N–H and O–H groups in total. The first-order valence-electron chi connectivity index (χ1n) is 6.04. The molecule has 21 heavy (non-hydrogen) atoms. The van der Waals surface area contributed by atoms with Crippen LogP contribution in [0.1, 0.15) is 6.92 Å². The molecule has 0 atom stereocenters. The lowest BCUT2D eigenvalue weighted by atomic mass is 10.2. The minimum atomic E-state index is -0.500. The maximum atomic E-state index is 13.4. The maximum absolute atomic E-state index is 13.4. The van der Waals surface area contributed by atoms with E-state index < -0.39 is 10.7 Å². The summed E-state index contributed by atoms with van der Waals surface area (Å²) in [5, 5.41) is 10.9. The second-order valence-corrected chi connectivity index (χ2v) is 5.56. The lowest BCUT2D eigenvalue weighted by Gasteiger charge is -2.30. The summed E-state index contributed by atoms with van der Waals surface area (Å²) in [7, 11) is 0. The zero-order valence-electron chi connectivity index (χ0n) is 10.9. The molecule has 0 unspecified atom stereocenters. The van der Waals surface area contributed by atoms with Crippen molar-refractivity contribution in [2.45, 2.75) is 16.7 Å². The fourth-order valence-corrected chi connectivity index (χ4v) is 3.34. The van der Waals surface area contributed by atoms with Crippen molar-refractivity contribution < 1.29 is 14.1 Å². The normalized spacial score (nSPS) is 12.6. The third-order valence-corrected chi connectivity index (χ3v) is 4.19. The van der Waals surface area contributed by atoms with E-state index in [1.807, 2.05) is 0 Å². The fourth-order valence-electron chi connectivity index (χ4n) is 2.22. The van der Waals surface area contributed by atoms with Crippen molar-refractivity contribution in [3.05, 3.63) is 52.3 Å². The van der Waals surface area contributed by atoms with E-state index in [4.69, 9.17) is 0 Å². The van der Waals surface area contributed by atoms with Gasteiger partial charge in [-0.2, -0.15) is 0 Å². The summed E-state index contributed by atoms with van der Waals surface area (Å²) in [4.78, 5) is 24.8. The Balaban J connectivity index is 2.20. The molecule has 2 aromatic rings. The van der Waals surface area contributed by atoms with Crippen LogP contribution in [0, 0.1) is 15.9 Å². The first kappa shape index (κ1) is 13.6. The van der Waals surface area contributed by atoms with Gasteiger partial charge in [0.1, 0.15) is 5.82 Å². The van der Waals surface area contributed by atoms with Gasteiger partial charge in [0.2, 0.25) is 5.91 Å². The molecule has 106 valence electrons. The van der Waals surface area contributed by atoms with Gasteiger partial charge in [0, 0.05) is 28.8 Å². The van der Waals surface area contributed by atoms with Crippen molar-refractivity contribution in [3.63, 3.8) is 0 Å². The summed E-state index contributed by atoms with van der Waals surface area (Å²) in [6, 6.07) is 8.41. The van der Waals surface area contributed by atoms with Gasteiger partial charge in [-0.05, 0) is 24.3 Å². The Labute approximate surface area is 123 Å². The van der Waals surface area contributed by atoms with Gasteiger partial charge in [0.05, 0.1) is 16.3 Å². The molecule has 1 heterocycles. The largest absolute Gasteiger partial charge is 0.279 e. The Bertz CT molecular complexity index is 779. The van der Waals surface area contributed by atoms with Crippen LogP contribution in [0.5, 0.6) is 0 Å². The molecular formula is C14H9FN2O3S. The summed E-state index contributed by atoms with van der Waals surface area (Å²) in [6.45, 7) is 1.40. The summed E-state index contributed by atoms with van der Waals surface area (Å²) in [5.74, 6) is -0.656. The van der Waals surface area contributed by atoms with Crippen LogP contribution in [-0.2, 0) is 4.79 Å². The zero-order chi connectivity index (χ0) is 15.1. The third kappa shape index (κ3) is 2.25. The van der Waals surface area contributed by atoms with Crippen LogP contribution in [0.15, 0.2) is 46.2 Å². The molecule has 0 aliphatic carbocycles. The van der Waals surface area contributed by atoms with Crippen LogP contribution in [0.3, 0.4) is 0 Å². The van der Waals surface area contributed by atoms with Crippen LogP contribution >= 0.6 is 11.8 Å². The summed E-state index contributed by atoms with van der Waals surface area (Å²) in [5.41, 5.74) is 1.08. The highest BCUT2D eigenvalue weighted by Crippen LogP contribution is 2.49. The van der Waals surface area contributed by atoms with Crippen molar-refractivity contribution in [1.82, 2.24) is 0 Å². The molecule has 1 amide bonds. The van der Waals surface area contributed by atoms with Crippen LogP contribution < -0.4 is 4.90 Å². The van der Waals surface area contributed by atoms with E-state index in [2.05, 4.69) is 0 Å². The monoisotopic (exact) mass is 303 g/mol. The topological polar surface area (TPSA) is 63.5 Å². The van der Waals surface area contributed by atoms with Gasteiger partial charge < -0.3 is 0 Å². The van der Waals surface area contributed by atoms with Gasteiger partial charge in [-0.25, -0.2) is 4.39 Å². The van der Waals surface area contributed by atoms with E-state index in [-0.39, 0.29) is 11.6 Å². The number of halogens is 1. The number of anilines is 2. The molecule has 0 bridgehead atoms. The fraction of sp³-hybridized carbons (Fsp3) is 0.0714. The van der Waals surface area contributed by atoms with Crippen molar-refractivity contribution in [2.75, 3.05) is 4.90 Å². The first-order chi connectivity index (χ1) is 9.97. The van der Waals surface area contributed by atoms with Crippen LogP contribution in [0.25, 0.3) is 0 Å². The number of hydrogen-bond acceptors (Lipinski definition) is 4. The number of non-ortho nitro benzene ring substituents is 1. The molecule has 1 aliphatic heterocycles. The molecule has 0 fully saturated rings. The molecule has 0 saturated carbocycles. The molecule has 0 saturated heterocycles. The SMILES string of the molecule is CC(=O)N1c2ccc([18F])cc2Sc2cc([N+](=O)[O-])ccc21. The molecular weight excluding hydrogens is 294 g/mol. The van der Waals surface area contributed by atoms with Gasteiger partial charge in [-0.1, -0.05) is 11.8 Å². The number of nitrogens with zero attached hydrogens (tertiary/aromatic N) is 2. The van der Waals surface area contributed by atoms with Gasteiger partial charge >= 0.3 is 0 Å². The van der Waals surface area contributed by atoms with E-state index in [9.17, 15) is 19.3 Å². The Hall–Kier alpha value is -2.41. The van der Waals surface area contributed by atoms with Crippen molar-refractivity contribution in [1.29, 1.82) is 0 Å². The number of nitro groups is 1. The number of carbonyl (C=O) groups excluding carboxylic acids is 1. The lowest BCUT2D eigenvalue weighted by Crippen LogP contribution is -2.25. The van der Waals surface area contributed by atoms with Crippen LogP contribution in [0.2, 0.25) is 0 Å². The third-order valence-electron chi connectivity index (χ3n) is 3.09. The second kappa shape index (κ2) is 4.85. The molecule has 2 aromatic carbocycles. The highest BCUT2D eigenvalue weighted by molar-refractivity contribution is 7.99. The van der Waals surface area contributed by atoms with Gasteiger partial charge in [0.25, 0.3) is 5.69 Å². The molecule has 0 radical (unpaired) electrons. The van der Waals surface area contributed by atoms with Crippen LogP contribution in [0.4, 0.5) is 21.5 Å². The van der Waals surface area contributed by atoms with Gasteiger partial charge in [0.15, 0.2) is 0 Å². The number of benzene rings is 2. The Morgan fingerprint density at radius 1 is 1.19 bits per heavy atom. The number of carbonyl (C=O) groups is 1. The van der Waals surface area contributed by atoms with Crippen molar-refractivity contribution >= 4 is 34.7 Å². The summed E-state index contributed by atoms with van der Waals surface area (Å²) >= 11 is 1.21. The molecule has 0 aromatic heterocycles. The minimum absolute atomic E-state index is 0.0652. The number of hydrogen-bond donors (Lipinski definition) is 0. The number of fused-ring (bicyclic) bond motifs is 2. The predicted molar refractivity (Wildman–Crippen MR) is 76.4 cm³/mol. The highest BCUT2D eigenvalue weighted by atomic mass is 32.2.